The van der Waals surface area contributed by atoms with Gasteiger partial charge in [-0.05, 0) is 49.2 Å². The van der Waals surface area contributed by atoms with E-state index < -0.39 is 0 Å². The summed E-state index contributed by atoms with van der Waals surface area (Å²) >= 11 is 3.24. The van der Waals surface area contributed by atoms with Gasteiger partial charge in [-0.15, -0.1) is 21.5 Å². The van der Waals surface area contributed by atoms with Crippen molar-refractivity contribution in [1.29, 1.82) is 0 Å². The number of benzene rings is 1. The van der Waals surface area contributed by atoms with Crippen LogP contribution < -0.4 is 0 Å². The summed E-state index contributed by atoms with van der Waals surface area (Å²) in [5.74, 6) is 1.63. The molecule has 5 aromatic rings. The Labute approximate surface area is 187 Å². The molecule has 0 saturated heterocycles. The minimum Gasteiger partial charge on any atom is -0.299 e. The Morgan fingerprint density at radius 3 is 2.61 bits per heavy atom. The first-order valence-electron chi connectivity index (χ1n) is 10.1. The molecule has 0 spiro atoms. The maximum absolute atomic E-state index is 4.82. The van der Waals surface area contributed by atoms with Gasteiger partial charge in [0.2, 0.25) is 0 Å². The van der Waals surface area contributed by atoms with Crippen LogP contribution in [0, 0.1) is 6.92 Å². The van der Waals surface area contributed by atoms with E-state index in [0.29, 0.717) is 6.04 Å². The molecule has 31 heavy (non-hydrogen) atoms. The Kier molecular flexibility index (Phi) is 4.54. The number of hydrogen-bond donors (Lipinski definition) is 0. The van der Waals surface area contributed by atoms with Crippen molar-refractivity contribution in [3.63, 3.8) is 0 Å². The molecule has 0 atom stereocenters. The maximum Gasteiger partial charge on any atom is 0.198 e. The first kappa shape index (κ1) is 18.7. The van der Waals surface area contributed by atoms with E-state index in [-0.39, 0.29) is 0 Å². The minimum absolute atomic E-state index is 0.433. The summed E-state index contributed by atoms with van der Waals surface area (Å²) in [6.07, 6.45) is 5.91. The van der Waals surface area contributed by atoms with Crippen LogP contribution in [-0.4, -0.2) is 29.7 Å². The molecule has 0 amide bonds. The normalized spacial score (nSPS) is 13.7. The second-order valence-electron chi connectivity index (χ2n) is 7.52. The number of rotatable bonds is 5. The Hall–Kier alpha value is -3.10. The van der Waals surface area contributed by atoms with Crippen LogP contribution in [0.25, 0.3) is 32.7 Å². The zero-order chi connectivity index (χ0) is 20.8. The molecule has 4 aromatic heterocycles. The first-order chi connectivity index (χ1) is 15.3. The summed E-state index contributed by atoms with van der Waals surface area (Å²) in [5, 5.41) is 14.1. The van der Waals surface area contributed by atoms with Crippen LogP contribution in [0.2, 0.25) is 0 Å². The van der Waals surface area contributed by atoms with Crippen molar-refractivity contribution in [2.45, 2.75) is 36.0 Å². The van der Waals surface area contributed by atoms with E-state index in [2.05, 4.69) is 54.4 Å². The Bertz CT molecular complexity index is 1370. The van der Waals surface area contributed by atoms with Gasteiger partial charge in [0, 0.05) is 34.9 Å². The lowest BCUT2D eigenvalue weighted by molar-refractivity contribution is 0.668. The predicted octanol–water partition coefficient (Wildman–Crippen LogP) is 5.81. The second kappa shape index (κ2) is 7.55. The molecule has 1 aliphatic carbocycles. The minimum atomic E-state index is 0.433. The van der Waals surface area contributed by atoms with Crippen LogP contribution in [0.1, 0.15) is 24.7 Å². The number of nitrogens with zero attached hydrogens (tertiary/aromatic N) is 6. The molecule has 6 nitrogen and oxygen atoms in total. The fraction of sp³-hybridized carbons (Fsp3) is 0.174. The van der Waals surface area contributed by atoms with Crippen LogP contribution in [-0.2, 0) is 0 Å². The summed E-state index contributed by atoms with van der Waals surface area (Å²) in [5.41, 5.74) is 3.31. The van der Waals surface area contributed by atoms with E-state index in [4.69, 9.17) is 4.98 Å². The van der Waals surface area contributed by atoms with Crippen molar-refractivity contribution in [3.05, 3.63) is 66.1 Å². The molecule has 4 heterocycles. The van der Waals surface area contributed by atoms with Gasteiger partial charge >= 0.3 is 0 Å². The Morgan fingerprint density at radius 1 is 1.00 bits per heavy atom. The van der Waals surface area contributed by atoms with Gasteiger partial charge < -0.3 is 0 Å². The number of thiophene rings is 1. The van der Waals surface area contributed by atoms with E-state index >= 15 is 0 Å². The van der Waals surface area contributed by atoms with Gasteiger partial charge in [-0.2, -0.15) is 0 Å². The number of fused-ring (bicyclic) bond motifs is 1. The van der Waals surface area contributed by atoms with Gasteiger partial charge in [-0.3, -0.25) is 9.55 Å². The zero-order valence-electron chi connectivity index (χ0n) is 16.8. The molecule has 1 aromatic carbocycles. The molecule has 8 heteroatoms. The van der Waals surface area contributed by atoms with Crippen LogP contribution in [0.4, 0.5) is 0 Å². The summed E-state index contributed by atoms with van der Waals surface area (Å²) in [4.78, 5) is 14.8. The highest BCUT2D eigenvalue weighted by molar-refractivity contribution is 7.99. The van der Waals surface area contributed by atoms with Crippen molar-refractivity contribution < 1.29 is 0 Å². The van der Waals surface area contributed by atoms with Crippen LogP contribution in [0.15, 0.2) is 70.4 Å². The molecule has 152 valence electrons. The first-order valence-corrected chi connectivity index (χ1v) is 11.8. The largest absolute Gasteiger partial charge is 0.299 e. The maximum atomic E-state index is 4.82. The highest BCUT2D eigenvalue weighted by Crippen LogP contribution is 2.44. The molecule has 1 fully saturated rings. The third-order valence-corrected chi connectivity index (χ3v) is 7.10. The van der Waals surface area contributed by atoms with E-state index in [0.717, 1.165) is 56.0 Å². The smallest absolute Gasteiger partial charge is 0.198 e. The number of hydrogen-bond acceptors (Lipinski definition) is 7. The van der Waals surface area contributed by atoms with Crippen molar-refractivity contribution in [2.75, 3.05) is 0 Å². The van der Waals surface area contributed by atoms with Gasteiger partial charge in [-0.1, -0.05) is 30.3 Å². The quantitative estimate of drug-likeness (QED) is 0.320. The molecule has 6 rings (SSSR count). The van der Waals surface area contributed by atoms with Crippen molar-refractivity contribution in [2.24, 2.45) is 0 Å². The van der Waals surface area contributed by atoms with E-state index in [1.54, 1.807) is 29.3 Å². The zero-order valence-corrected chi connectivity index (χ0v) is 18.4. The lowest BCUT2D eigenvalue weighted by atomic mass is 10.1. The van der Waals surface area contributed by atoms with E-state index in [1.165, 1.54) is 5.56 Å². The summed E-state index contributed by atoms with van der Waals surface area (Å²) in [7, 11) is 0. The van der Waals surface area contributed by atoms with E-state index in [9.17, 15) is 0 Å². The second-order valence-corrected chi connectivity index (χ2v) is 9.34. The fourth-order valence-corrected chi connectivity index (χ4v) is 5.83. The summed E-state index contributed by atoms with van der Waals surface area (Å²) < 4.78 is 2.25. The lowest BCUT2D eigenvalue weighted by Crippen LogP contribution is -2.00. The van der Waals surface area contributed by atoms with Crippen molar-refractivity contribution >= 4 is 33.3 Å². The molecule has 1 aliphatic rings. The van der Waals surface area contributed by atoms with Crippen LogP contribution in [0.3, 0.4) is 0 Å². The van der Waals surface area contributed by atoms with Crippen molar-refractivity contribution in [3.8, 4) is 22.5 Å². The molecule has 1 saturated carbocycles. The molecule has 0 bridgehead atoms. The number of pyridine rings is 1. The SMILES string of the molecule is Cc1nc(Sc2nnc(-c3cccnc3)n2C2CC2)c2c(-c3ccccc3)csc2n1. The number of aromatic nitrogens is 6. The predicted molar refractivity (Wildman–Crippen MR) is 123 cm³/mol. The van der Waals surface area contributed by atoms with Gasteiger partial charge in [0.1, 0.15) is 15.7 Å². The van der Waals surface area contributed by atoms with E-state index in [1.807, 2.05) is 31.3 Å². The summed E-state index contributed by atoms with van der Waals surface area (Å²) in [6.45, 7) is 1.94. The molecule has 0 N–H and O–H groups in total. The Morgan fingerprint density at radius 2 is 1.84 bits per heavy atom. The monoisotopic (exact) mass is 442 g/mol. The highest BCUT2D eigenvalue weighted by atomic mass is 32.2. The average Bonchev–Trinajstić information content (AvgIpc) is 3.41. The average molecular weight is 443 g/mol. The molecule has 0 unspecified atom stereocenters. The standard InChI is InChI=1S/C23H18N6S2/c1-14-25-21-19(18(13-30-21)15-6-3-2-4-7-15)22(26-14)31-23-28-27-20(29(23)17-9-10-17)16-8-5-11-24-12-16/h2-8,11-13,17H,9-10H2,1H3. The van der Waals surface area contributed by atoms with Gasteiger partial charge in [-0.25, -0.2) is 9.97 Å². The molecular formula is C23H18N6S2. The topological polar surface area (TPSA) is 69.4 Å². The fourth-order valence-electron chi connectivity index (χ4n) is 3.70. The van der Waals surface area contributed by atoms with Crippen LogP contribution in [0.5, 0.6) is 0 Å². The molecular weight excluding hydrogens is 424 g/mol. The lowest BCUT2D eigenvalue weighted by Gasteiger charge is -2.10. The number of aryl methyl sites for hydroxylation is 1. The summed E-state index contributed by atoms with van der Waals surface area (Å²) in [6, 6.07) is 14.8. The van der Waals surface area contributed by atoms with Crippen LogP contribution >= 0.6 is 23.1 Å². The Balaban J connectivity index is 1.49. The third kappa shape index (κ3) is 3.41. The third-order valence-electron chi connectivity index (χ3n) is 5.28. The van der Waals surface area contributed by atoms with Crippen molar-refractivity contribution in [1.82, 2.24) is 29.7 Å². The van der Waals surface area contributed by atoms with Gasteiger partial charge in [0.15, 0.2) is 11.0 Å². The molecule has 0 aliphatic heterocycles. The van der Waals surface area contributed by atoms with Gasteiger partial charge in [0.05, 0.1) is 5.39 Å². The van der Waals surface area contributed by atoms with Gasteiger partial charge in [0.25, 0.3) is 0 Å². The molecule has 0 radical (unpaired) electrons. The highest BCUT2D eigenvalue weighted by Gasteiger charge is 2.31.